The van der Waals surface area contributed by atoms with Crippen LogP contribution < -0.4 is 10.1 Å². The molecule has 28 heavy (non-hydrogen) atoms. The van der Waals surface area contributed by atoms with Crippen LogP contribution in [0.15, 0.2) is 42.6 Å². The van der Waals surface area contributed by atoms with Crippen LogP contribution in [0.4, 0.5) is 4.39 Å². The average molecular weight is 399 g/mol. The van der Waals surface area contributed by atoms with E-state index in [0.29, 0.717) is 29.0 Å². The maximum Gasteiger partial charge on any atom is 0.263 e. The Morgan fingerprint density at radius 1 is 1.29 bits per heavy atom. The van der Waals surface area contributed by atoms with Gasteiger partial charge in [-0.1, -0.05) is 26.0 Å². The Bertz CT molecular complexity index is 955. The average Bonchev–Trinajstić information content (AvgIpc) is 3.00. The molecule has 146 valence electrons. The first kappa shape index (κ1) is 19.9. The predicted octanol–water partition coefficient (Wildman–Crippen LogP) is 4.91. The standard InChI is InChI=1S/C21H22FN3O2S/c1-13(2)9-19-25-14(3)20(28-19)21(26)24-12-15-7-8-18(23-11-15)27-17-6-4-5-16(22)10-17/h4-8,10-11,13H,9,12H2,1-3H3,(H,24,26). The van der Waals surface area contributed by atoms with Crippen molar-refractivity contribution in [2.24, 2.45) is 5.92 Å². The lowest BCUT2D eigenvalue weighted by atomic mass is 10.1. The summed E-state index contributed by atoms with van der Waals surface area (Å²) >= 11 is 1.45. The number of carbonyl (C=O) groups is 1. The summed E-state index contributed by atoms with van der Waals surface area (Å²) in [5.74, 6) is 0.737. The van der Waals surface area contributed by atoms with Gasteiger partial charge in [-0.05, 0) is 30.5 Å². The zero-order valence-electron chi connectivity index (χ0n) is 16.0. The van der Waals surface area contributed by atoms with Crippen molar-refractivity contribution in [3.63, 3.8) is 0 Å². The highest BCUT2D eigenvalue weighted by Crippen LogP contribution is 2.22. The van der Waals surface area contributed by atoms with E-state index >= 15 is 0 Å². The number of nitrogens with one attached hydrogen (secondary N) is 1. The second-order valence-electron chi connectivity index (χ2n) is 6.87. The number of nitrogens with zero attached hydrogens (tertiary/aromatic N) is 2. The van der Waals surface area contributed by atoms with E-state index in [1.165, 1.54) is 23.5 Å². The van der Waals surface area contributed by atoms with Crippen molar-refractivity contribution in [3.8, 4) is 11.6 Å². The lowest BCUT2D eigenvalue weighted by Crippen LogP contribution is -2.22. The van der Waals surface area contributed by atoms with E-state index in [1.807, 2.05) is 13.0 Å². The van der Waals surface area contributed by atoms with Crippen molar-refractivity contribution >= 4 is 17.2 Å². The van der Waals surface area contributed by atoms with Gasteiger partial charge in [0.1, 0.15) is 16.4 Å². The molecular formula is C21H22FN3O2S. The number of thiazole rings is 1. The molecule has 0 saturated heterocycles. The monoisotopic (exact) mass is 399 g/mol. The van der Waals surface area contributed by atoms with Crippen molar-refractivity contribution in [2.45, 2.75) is 33.7 Å². The van der Waals surface area contributed by atoms with Crippen LogP contribution >= 0.6 is 11.3 Å². The molecule has 5 nitrogen and oxygen atoms in total. The van der Waals surface area contributed by atoms with E-state index < -0.39 is 0 Å². The van der Waals surface area contributed by atoms with Crippen LogP contribution in [0, 0.1) is 18.7 Å². The highest BCUT2D eigenvalue weighted by atomic mass is 32.1. The fraction of sp³-hybridized carbons (Fsp3) is 0.286. The molecule has 3 aromatic rings. The number of aryl methyl sites for hydroxylation is 1. The van der Waals surface area contributed by atoms with E-state index in [9.17, 15) is 9.18 Å². The fourth-order valence-corrected chi connectivity index (χ4v) is 3.78. The van der Waals surface area contributed by atoms with Crippen LogP contribution in [0.2, 0.25) is 0 Å². The van der Waals surface area contributed by atoms with E-state index in [1.54, 1.807) is 24.4 Å². The van der Waals surface area contributed by atoms with Gasteiger partial charge in [-0.3, -0.25) is 4.79 Å². The minimum Gasteiger partial charge on any atom is -0.439 e. The fourth-order valence-electron chi connectivity index (χ4n) is 2.59. The summed E-state index contributed by atoms with van der Waals surface area (Å²) in [6.45, 7) is 6.47. The van der Waals surface area contributed by atoms with Gasteiger partial charge in [0, 0.05) is 31.3 Å². The second kappa shape index (κ2) is 8.93. The minimum absolute atomic E-state index is 0.134. The third kappa shape index (κ3) is 5.36. The van der Waals surface area contributed by atoms with Crippen LogP contribution in [0.1, 0.15) is 39.8 Å². The Kier molecular flexibility index (Phi) is 6.36. The van der Waals surface area contributed by atoms with Gasteiger partial charge >= 0.3 is 0 Å². The molecule has 7 heteroatoms. The first-order valence-electron chi connectivity index (χ1n) is 9.03. The van der Waals surface area contributed by atoms with Gasteiger partial charge in [-0.2, -0.15) is 0 Å². The number of aromatic nitrogens is 2. The number of halogens is 1. The summed E-state index contributed by atoms with van der Waals surface area (Å²) in [5, 5.41) is 3.88. The molecule has 1 amide bonds. The molecular weight excluding hydrogens is 377 g/mol. The quantitative estimate of drug-likeness (QED) is 0.613. The first-order chi connectivity index (χ1) is 13.4. The van der Waals surface area contributed by atoms with E-state index in [-0.39, 0.29) is 11.7 Å². The zero-order valence-corrected chi connectivity index (χ0v) is 16.8. The molecule has 1 aromatic carbocycles. The summed E-state index contributed by atoms with van der Waals surface area (Å²) in [7, 11) is 0. The Morgan fingerprint density at radius 3 is 2.79 bits per heavy atom. The summed E-state index contributed by atoms with van der Waals surface area (Å²) < 4.78 is 18.7. The molecule has 0 saturated carbocycles. The summed E-state index contributed by atoms with van der Waals surface area (Å²) in [6, 6.07) is 9.37. The third-order valence-corrected chi connectivity index (χ3v) is 5.08. The van der Waals surface area contributed by atoms with Crippen LogP contribution in [0.25, 0.3) is 0 Å². The van der Waals surface area contributed by atoms with Crippen LogP contribution in [-0.2, 0) is 13.0 Å². The highest BCUT2D eigenvalue weighted by molar-refractivity contribution is 7.13. The number of rotatable bonds is 7. The molecule has 0 bridgehead atoms. The number of carbonyl (C=O) groups excluding carboxylic acids is 1. The number of benzene rings is 1. The zero-order chi connectivity index (χ0) is 20.1. The lowest BCUT2D eigenvalue weighted by molar-refractivity contribution is 0.0954. The van der Waals surface area contributed by atoms with Gasteiger partial charge in [0.25, 0.3) is 5.91 Å². The van der Waals surface area contributed by atoms with Crippen molar-refractivity contribution in [3.05, 3.63) is 69.6 Å². The van der Waals surface area contributed by atoms with Gasteiger partial charge in [0.05, 0.1) is 10.7 Å². The molecule has 3 rings (SSSR count). The van der Waals surface area contributed by atoms with Gasteiger partial charge in [-0.25, -0.2) is 14.4 Å². The van der Waals surface area contributed by atoms with E-state index in [2.05, 4.69) is 29.1 Å². The topological polar surface area (TPSA) is 64.1 Å². The van der Waals surface area contributed by atoms with Crippen LogP contribution in [0.5, 0.6) is 11.6 Å². The number of pyridine rings is 1. The SMILES string of the molecule is Cc1nc(CC(C)C)sc1C(=O)NCc1ccc(Oc2cccc(F)c2)nc1. The molecule has 0 aliphatic rings. The van der Waals surface area contributed by atoms with Crippen LogP contribution in [-0.4, -0.2) is 15.9 Å². The van der Waals surface area contributed by atoms with Crippen molar-refractivity contribution in [1.29, 1.82) is 0 Å². The molecule has 0 aliphatic heterocycles. The number of hydrogen-bond donors (Lipinski definition) is 1. The Morgan fingerprint density at radius 2 is 2.11 bits per heavy atom. The van der Waals surface area contributed by atoms with Crippen molar-refractivity contribution in [2.75, 3.05) is 0 Å². The maximum absolute atomic E-state index is 13.2. The number of hydrogen-bond acceptors (Lipinski definition) is 5. The Labute approximate surface area is 167 Å². The molecule has 0 aliphatic carbocycles. The van der Waals surface area contributed by atoms with Crippen molar-refractivity contribution < 1.29 is 13.9 Å². The molecule has 0 unspecified atom stereocenters. The first-order valence-corrected chi connectivity index (χ1v) is 9.85. The smallest absolute Gasteiger partial charge is 0.263 e. The molecule has 0 atom stereocenters. The normalized spacial score (nSPS) is 10.9. The van der Waals surface area contributed by atoms with Gasteiger partial charge < -0.3 is 10.1 Å². The van der Waals surface area contributed by atoms with Gasteiger partial charge in [0.15, 0.2) is 0 Å². The predicted molar refractivity (Wildman–Crippen MR) is 107 cm³/mol. The largest absolute Gasteiger partial charge is 0.439 e. The molecule has 1 N–H and O–H groups in total. The maximum atomic E-state index is 13.2. The summed E-state index contributed by atoms with van der Waals surface area (Å²) in [6.07, 6.45) is 2.49. The lowest BCUT2D eigenvalue weighted by Gasteiger charge is -2.07. The van der Waals surface area contributed by atoms with Gasteiger partial charge in [0.2, 0.25) is 5.88 Å². The van der Waals surface area contributed by atoms with Crippen molar-refractivity contribution in [1.82, 2.24) is 15.3 Å². The molecule has 2 aromatic heterocycles. The summed E-state index contributed by atoms with van der Waals surface area (Å²) in [4.78, 5) is 21.8. The summed E-state index contributed by atoms with van der Waals surface area (Å²) in [5.41, 5.74) is 1.60. The molecule has 0 fully saturated rings. The minimum atomic E-state index is -0.369. The Hall–Kier alpha value is -2.80. The molecule has 0 radical (unpaired) electrons. The second-order valence-corrected chi connectivity index (χ2v) is 7.95. The molecule has 2 heterocycles. The third-order valence-electron chi connectivity index (χ3n) is 3.90. The van der Waals surface area contributed by atoms with Gasteiger partial charge in [-0.15, -0.1) is 11.3 Å². The molecule has 0 spiro atoms. The number of ether oxygens (including phenoxy) is 1. The van der Waals surface area contributed by atoms with E-state index in [4.69, 9.17) is 4.74 Å². The highest BCUT2D eigenvalue weighted by Gasteiger charge is 2.15. The Balaban J connectivity index is 1.57. The van der Waals surface area contributed by atoms with Crippen LogP contribution in [0.3, 0.4) is 0 Å². The number of amides is 1. The van der Waals surface area contributed by atoms with E-state index in [0.717, 1.165) is 22.7 Å².